The lowest BCUT2D eigenvalue weighted by Crippen LogP contribution is -2.14. The lowest BCUT2D eigenvalue weighted by Gasteiger charge is -2.08. The highest BCUT2D eigenvalue weighted by Gasteiger charge is 2.15. The molecule has 4 nitrogen and oxygen atoms in total. The number of nitrogens with one attached hydrogen (secondary N) is 1. The largest absolute Gasteiger partial charge is 0.322 e. The van der Waals surface area contributed by atoms with Gasteiger partial charge in [-0.25, -0.2) is 0 Å². The molecule has 0 spiro atoms. The molecule has 1 amide bonds. The number of rotatable bonds is 4. The summed E-state index contributed by atoms with van der Waals surface area (Å²) in [5, 5.41) is 7.93. The summed E-state index contributed by atoms with van der Waals surface area (Å²) in [6.07, 6.45) is 2.49. The van der Waals surface area contributed by atoms with Crippen molar-refractivity contribution in [3.05, 3.63) is 47.3 Å². The maximum atomic E-state index is 12.3. The minimum absolute atomic E-state index is 0.113. The highest BCUT2D eigenvalue weighted by atomic mass is 79.9. The van der Waals surface area contributed by atoms with Crippen LogP contribution in [-0.4, -0.2) is 15.7 Å². The van der Waals surface area contributed by atoms with E-state index < -0.39 is 0 Å². The number of aromatic nitrogens is 2. The van der Waals surface area contributed by atoms with Gasteiger partial charge in [0.2, 0.25) is 0 Å². The zero-order valence-corrected chi connectivity index (χ0v) is 12.6. The van der Waals surface area contributed by atoms with Gasteiger partial charge in [0.25, 0.3) is 5.91 Å². The summed E-state index contributed by atoms with van der Waals surface area (Å²) in [7, 11) is 1.82. The van der Waals surface area contributed by atoms with Crippen LogP contribution in [0.2, 0.25) is 0 Å². The molecule has 0 aliphatic rings. The maximum Gasteiger partial charge on any atom is 0.259 e. The highest BCUT2D eigenvalue weighted by molar-refractivity contribution is 9.08. The highest BCUT2D eigenvalue weighted by Crippen LogP contribution is 2.19. The van der Waals surface area contributed by atoms with Gasteiger partial charge in [0.1, 0.15) is 0 Å². The number of amides is 1. The van der Waals surface area contributed by atoms with Crippen molar-refractivity contribution >= 4 is 27.5 Å². The molecule has 0 atom stereocenters. The summed E-state index contributed by atoms with van der Waals surface area (Å²) >= 11 is 3.42. The summed E-state index contributed by atoms with van der Waals surface area (Å²) in [5.41, 5.74) is 3.33. The van der Waals surface area contributed by atoms with Crippen LogP contribution in [0.3, 0.4) is 0 Å². The minimum Gasteiger partial charge on any atom is -0.322 e. The summed E-state index contributed by atoms with van der Waals surface area (Å²) in [6.45, 7) is 1.99. The number of hydrogen-bond acceptors (Lipinski definition) is 2. The number of nitrogens with zero attached hydrogens (tertiary/aromatic N) is 2. The van der Waals surface area contributed by atoms with E-state index in [2.05, 4.69) is 26.3 Å². The number of carbonyl (C=O) groups excluding carboxylic acids is 1. The molecule has 1 aromatic carbocycles. The summed E-state index contributed by atoms with van der Waals surface area (Å²) in [5.74, 6) is -0.113. The van der Waals surface area contributed by atoms with Gasteiger partial charge < -0.3 is 5.32 Å². The van der Waals surface area contributed by atoms with Crippen molar-refractivity contribution in [1.82, 2.24) is 9.78 Å². The molecule has 0 radical (unpaired) electrons. The Morgan fingerprint density at radius 1 is 1.42 bits per heavy atom. The molecule has 0 unspecified atom stereocenters. The summed E-state index contributed by atoms with van der Waals surface area (Å²) in [6, 6.07) is 7.74. The second-order valence-electron chi connectivity index (χ2n) is 4.26. The number of carbonyl (C=O) groups is 1. The van der Waals surface area contributed by atoms with Gasteiger partial charge in [-0.2, -0.15) is 5.10 Å². The molecule has 1 aromatic heterocycles. The minimum atomic E-state index is -0.113. The molecule has 19 heavy (non-hydrogen) atoms. The Morgan fingerprint density at radius 2 is 2.16 bits per heavy atom. The number of halogens is 1. The van der Waals surface area contributed by atoms with Crippen LogP contribution in [-0.2, 0) is 18.8 Å². The average Bonchev–Trinajstić information content (AvgIpc) is 2.80. The van der Waals surface area contributed by atoms with E-state index in [-0.39, 0.29) is 5.91 Å². The van der Waals surface area contributed by atoms with Crippen LogP contribution in [0.5, 0.6) is 0 Å². The number of para-hydroxylation sites is 1. The first kappa shape index (κ1) is 13.8. The molecular formula is C14H16BrN3O. The first-order valence-corrected chi connectivity index (χ1v) is 7.25. The van der Waals surface area contributed by atoms with E-state index in [0.717, 1.165) is 23.4 Å². The van der Waals surface area contributed by atoms with Crippen molar-refractivity contribution in [2.75, 3.05) is 5.32 Å². The van der Waals surface area contributed by atoms with Gasteiger partial charge in [-0.1, -0.05) is 41.1 Å². The molecule has 2 rings (SSSR count). The molecule has 1 N–H and O–H groups in total. The van der Waals surface area contributed by atoms with E-state index in [4.69, 9.17) is 0 Å². The van der Waals surface area contributed by atoms with E-state index in [1.165, 1.54) is 0 Å². The SMILES string of the molecule is CCc1nn(C)cc1C(=O)Nc1ccccc1CBr. The molecule has 0 saturated heterocycles. The monoisotopic (exact) mass is 321 g/mol. The van der Waals surface area contributed by atoms with Gasteiger partial charge in [0.15, 0.2) is 0 Å². The Morgan fingerprint density at radius 3 is 2.84 bits per heavy atom. The van der Waals surface area contributed by atoms with E-state index in [1.807, 2.05) is 38.2 Å². The van der Waals surface area contributed by atoms with Crippen LogP contribution in [0.4, 0.5) is 5.69 Å². The molecule has 0 aliphatic carbocycles. The fourth-order valence-electron chi connectivity index (χ4n) is 1.93. The second kappa shape index (κ2) is 6.02. The third kappa shape index (κ3) is 3.04. The van der Waals surface area contributed by atoms with E-state index in [1.54, 1.807) is 10.9 Å². The first-order chi connectivity index (χ1) is 9.15. The van der Waals surface area contributed by atoms with Crippen LogP contribution < -0.4 is 5.32 Å². The number of alkyl halides is 1. The molecular weight excluding hydrogens is 306 g/mol. The van der Waals surface area contributed by atoms with Crippen molar-refractivity contribution in [2.24, 2.45) is 7.05 Å². The fourth-order valence-corrected chi connectivity index (χ4v) is 2.42. The molecule has 0 fully saturated rings. The normalized spacial score (nSPS) is 10.5. The topological polar surface area (TPSA) is 46.9 Å². The molecule has 100 valence electrons. The summed E-state index contributed by atoms with van der Waals surface area (Å²) < 4.78 is 1.67. The van der Waals surface area contributed by atoms with E-state index in [9.17, 15) is 4.79 Å². The van der Waals surface area contributed by atoms with E-state index >= 15 is 0 Å². The first-order valence-electron chi connectivity index (χ1n) is 6.13. The third-order valence-corrected chi connectivity index (χ3v) is 3.50. The van der Waals surface area contributed by atoms with Crippen molar-refractivity contribution in [3.8, 4) is 0 Å². The smallest absolute Gasteiger partial charge is 0.259 e. The number of hydrogen-bond donors (Lipinski definition) is 1. The fraction of sp³-hybridized carbons (Fsp3) is 0.286. The van der Waals surface area contributed by atoms with E-state index in [0.29, 0.717) is 10.9 Å². The van der Waals surface area contributed by atoms with Crippen LogP contribution in [0.1, 0.15) is 28.5 Å². The van der Waals surface area contributed by atoms with Gasteiger partial charge in [0, 0.05) is 24.3 Å². The Balaban J connectivity index is 2.25. The molecule has 2 aromatic rings. The predicted molar refractivity (Wildman–Crippen MR) is 79.6 cm³/mol. The number of anilines is 1. The van der Waals surface area contributed by atoms with Gasteiger partial charge in [-0.15, -0.1) is 0 Å². The van der Waals surface area contributed by atoms with Crippen molar-refractivity contribution in [2.45, 2.75) is 18.7 Å². The van der Waals surface area contributed by atoms with Gasteiger partial charge in [0.05, 0.1) is 11.3 Å². The lowest BCUT2D eigenvalue weighted by atomic mass is 10.1. The zero-order chi connectivity index (χ0) is 13.8. The molecule has 0 saturated carbocycles. The third-order valence-electron chi connectivity index (χ3n) is 2.89. The van der Waals surface area contributed by atoms with Crippen LogP contribution in [0.25, 0.3) is 0 Å². The van der Waals surface area contributed by atoms with Gasteiger partial charge in [-0.3, -0.25) is 9.48 Å². The Labute approximate surface area is 120 Å². The van der Waals surface area contributed by atoms with Crippen LogP contribution in [0, 0.1) is 0 Å². The quantitative estimate of drug-likeness (QED) is 0.879. The molecule has 0 aliphatic heterocycles. The number of aryl methyl sites for hydroxylation is 2. The Hall–Kier alpha value is -1.62. The van der Waals surface area contributed by atoms with Crippen LogP contribution in [0.15, 0.2) is 30.5 Å². The average molecular weight is 322 g/mol. The predicted octanol–water partition coefficient (Wildman–Crippen LogP) is 3.13. The summed E-state index contributed by atoms with van der Waals surface area (Å²) in [4.78, 5) is 12.3. The molecule has 0 bridgehead atoms. The van der Waals surface area contributed by atoms with Crippen molar-refractivity contribution < 1.29 is 4.79 Å². The second-order valence-corrected chi connectivity index (χ2v) is 4.82. The van der Waals surface area contributed by atoms with Crippen molar-refractivity contribution in [3.63, 3.8) is 0 Å². The standard InChI is InChI=1S/C14H16BrN3O/c1-3-12-11(9-18(2)17-12)14(19)16-13-7-5-4-6-10(13)8-15/h4-7,9H,3,8H2,1-2H3,(H,16,19). The molecule has 5 heteroatoms. The van der Waals surface area contributed by atoms with Gasteiger partial charge in [-0.05, 0) is 18.1 Å². The van der Waals surface area contributed by atoms with Crippen molar-refractivity contribution in [1.29, 1.82) is 0 Å². The Bertz CT molecular complexity index is 592. The van der Waals surface area contributed by atoms with Crippen LogP contribution >= 0.6 is 15.9 Å². The lowest BCUT2D eigenvalue weighted by molar-refractivity contribution is 0.102. The Kier molecular flexibility index (Phi) is 4.37. The molecule has 1 heterocycles. The zero-order valence-electron chi connectivity index (χ0n) is 11.0. The number of benzene rings is 1. The van der Waals surface area contributed by atoms with Gasteiger partial charge >= 0.3 is 0 Å². The maximum absolute atomic E-state index is 12.3.